The van der Waals surface area contributed by atoms with Gasteiger partial charge in [0, 0.05) is 5.38 Å². The number of amides is 1. The van der Waals surface area contributed by atoms with E-state index in [4.69, 9.17) is 0 Å². The topological polar surface area (TPSA) is 62.2 Å². The van der Waals surface area contributed by atoms with E-state index in [2.05, 4.69) is 10.3 Å². The molecular formula is C15H17FN2O2S. The summed E-state index contributed by atoms with van der Waals surface area (Å²) in [6, 6.07) is 5.57. The Bertz CT molecular complexity index is 623. The van der Waals surface area contributed by atoms with Crippen LogP contribution < -0.4 is 5.32 Å². The average Bonchev–Trinajstić information content (AvgIpc) is 2.82. The summed E-state index contributed by atoms with van der Waals surface area (Å²) in [5, 5.41) is 15.8. The maximum absolute atomic E-state index is 12.9. The van der Waals surface area contributed by atoms with Crippen LogP contribution in [0.25, 0.3) is 0 Å². The first-order chi connectivity index (χ1) is 9.87. The number of halogens is 1. The molecule has 1 heterocycles. The van der Waals surface area contributed by atoms with Crippen LogP contribution >= 0.6 is 11.3 Å². The number of nitrogens with one attached hydrogen (secondary N) is 1. The monoisotopic (exact) mass is 308 g/mol. The summed E-state index contributed by atoms with van der Waals surface area (Å²) >= 11 is 1.49. The number of thiazole rings is 1. The highest BCUT2D eigenvalue weighted by Gasteiger charge is 2.23. The second-order valence-electron chi connectivity index (χ2n) is 5.09. The molecule has 2 rings (SSSR count). The molecule has 6 heteroatoms. The van der Waals surface area contributed by atoms with Gasteiger partial charge in [0.15, 0.2) is 0 Å². The lowest BCUT2D eigenvalue weighted by molar-refractivity contribution is -0.121. The van der Waals surface area contributed by atoms with Crippen LogP contribution in [0.4, 0.5) is 4.39 Å². The van der Waals surface area contributed by atoms with Gasteiger partial charge in [-0.05, 0) is 31.5 Å². The molecule has 1 amide bonds. The van der Waals surface area contributed by atoms with Crippen LogP contribution in [0.5, 0.6) is 0 Å². The summed E-state index contributed by atoms with van der Waals surface area (Å²) in [5.74, 6) is -0.569. The second kappa shape index (κ2) is 6.32. The number of carbonyl (C=O) groups excluding carboxylic acids is 1. The van der Waals surface area contributed by atoms with E-state index in [1.54, 1.807) is 6.92 Å². The number of aliphatic hydroxyl groups is 1. The third kappa shape index (κ3) is 4.34. The Morgan fingerprint density at radius 2 is 2.10 bits per heavy atom. The lowest BCUT2D eigenvalue weighted by atomic mass is 9.96. The summed E-state index contributed by atoms with van der Waals surface area (Å²) in [6.07, 6.45) is 0.184. The fourth-order valence-electron chi connectivity index (χ4n) is 1.90. The molecule has 0 radical (unpaired) electrons. The Morgan fingerprint density at radius 1 is 1.43 bits per heavy atom. The van der Waals surface area contributed by atoms with E-state index in [0.29, 0.717) is 5.56 Å². The molecule has 21 heavy (non-hydrogen) atoms. The van der Waals surface area contributed by atoms with Gasteiger partial charge in [0.05, 0.1) is 23.7 Å². The van der Waals surface area contributed by atoms with Crippen molar-refractivity contribution in [2.24, 2.45) is 0 Å². The summed E-state index contributed by atoms with van der Waals surface area (Å²) in [4.78, 5) is 16.1. The van der Waals surface area contributed by atoms with Crippen molar-refractivity contribution in [3.63, 3.8) is 0 Å². The van der Waals surface area contributed by atoms with Crippen molar-refractivity contribution in [3.05, 3.63) is 51.7 Å². The minimum atomic E-state index is -1.25. The predicted molar refractivity (Wildman–Crippen MR) is 79.5 cm³/mol. The minimum Gasteiger partial charge on any atom is -0.384 e. The molecule has 0 aliphatic heterocycles. The fourth-order valence-corrected chi connectivity index (χ4v) is 2.51. The van der Waals surface area contributed by atoms with Gasteiger partial charge < -0.3 is 10.4 Å². The Kier molecular flexibility index (Phi) is 4.69. The molecule has 2 N–H and O–H groups in total. The highest BCUT2D eigenvalue weighted by atomic mass is 32.1. The SMILES string of the molecule is Cc1nc(CC(=O)NCC(C)(O)c2ccc(F)cc2)cs1. The van der Waals surface area contributed by atoms with Crippen molar-refractivity contribution in [1.82, 2.24) is 10.3 Å². The number of rotatable bonds is 5. The van der Waals surface area contributed by atoms with Gasteiger partial charge in [-0.15, -0.1) is 11.3 Å². The zero-order chi connectivity index (χ0) is 15.5. The highest BCUT2D eigenvalue weighted by molar-refractivity contribution is 7.09. The van der Waals surface area contributed by atoms with Crippen LogP contribution in [0.2, 0.25) is 0 Å². The lowest BCUT2D eigenvalue weighted by Crippen LogP contribution is -2.39. The first kappa shape index (κ1) is 15.6. The van der Waals surface area contributed by atoms with Gasteiger partial charge in [0.25, 0.3) is 0 Å². The number of aryl methyl sites for hydroxylation is 1. The predicted octanol–water partition coefficient (Wildman–Crippen LogP) is 2.16. The molecule has 0 aliphatic rings. The van der Waals surface area contributed by atoms with Gasteiger partial charge in [-0.1, -0.05) is 12.1 Å². The highest BCUT2D eigenvalue weighted by Crippen LogP contribution is 2.20. The van der Waals surface area contributed by atoms with Crippen LogP contribution in [-0.4, -0.2) is 22.5 Å². The molecule has 1 unspecified atom stereocenters. The van der Waals surface area contributed by atoms with E-state index in [-0.39, 0.29) is 24.7 Å². The zero-order valence-corrected chi connectivity index (χ0v) is 12.7. The molecule has 0 fully saturated rings. The van der Waals surface area contributed by atoms with Gasteiger partial charge in [-0.3, -0.25) is 4.79 Å². The maximum Gasteiger partial charge on any atom is 0.226 e. The molecule has 0 saturated carbocycles. The largest absolute Gasteiger partial charge is 0.384 e. The van der Waals surface area contributed by atoms with Crippen molar-refractivity contribution in [1.29, 1.82) is 0 Å². The Hall–Kier alpha value is -1.79. The smallest absolute Gasteiger partial charge is 0.226 e. The average molecular weight is 308 g/mol. The summed E-state index contributed by atoms with van der Waals surface area (Å²) in [6.45, 7) is 3.51. The Balaban J connectivity index is 1.91. The summed E-state index contributed by atoms with van der Waals surface area (Å²) < 4.78 is 12.9. The molecule has 0 spiro atoms. The Morgan fingerprint density at radius 3 is 2.67 bits per heavy atom. The van der Waals surface area contributed by atoms with Crippen molar-refractivity contribution in [2.75, 3.05) is 6.54 Å². The molecule has 1 atom stereocenters. The quantitative estimate of drug-likeness (QED) is 0.890. The van der Waals surface area contributed by atoms with E-state index in [0.717, 1.165) is 10.7 Å². The number of hydrogen-bond donors (Lipinski definition) is 2. The molecular weight excluding hydrogens is 291 g/mol. The van der Waals surface area contributed by atoms with Crippen LogP contribution in [-0.2, 0) is 16.8 Å². The Labute approximate surface area is 126 Å². The number of carbonyl (C=O) groups is 1. The van der Waals surface area contributed by atoms with E-state index < -0.39 is 5.60 Å². The molecule has 1 aromatic carbocycles. The van der Waals surface area contributed by atoms with Crippen molar-refractivity contribution in [2.45, 2.75) is 25.9 Å². The molecule has 4 nitrogen and oxygen atoms in total. The molecule has 0 saturated heterocycles. The van der Waals surface area contributed by atoms with Crippen LogP contribution in [0.15, 0.2) is 29.6 Å². The third-order valence-corrected chi connectivity index (χ3v) is 3.93. The normalized spacial score (nSPS) is 13.7. The van der Waals surface area contributed by atoms with Crippen molar-refractivity contribution >= 4 is 17.2 Å². The fraction of sp³-hybridized carbons (Fsp3) is 0.333. The van der Waals surface area contributed by atoms with Gasteiger partial charge in [0.2, 0.25) is 5.91 Å². The standard InChI is InChI=1S/C15H17FN2O2S/c1-10-18-13(8-21-10)7-14(19)17-9-15(2,20)11-3-5-12(16)6-4-11/h3-6,8,20H,7,9H2,1-2H3,(H,17,19). The summed E-state index contributed by atoms with van der Waals surface area (Å²) in [7, 11) is 0. The number of aromatic nitrogens is 1. The van der Waals surface area contributed by atoms with Crippen LogP contribution in [0.3, 0.4) is 0 Å². The van der Waals surface area contributed by atoms with Gasteiger partial charge >= 0.3 is 0 Å². The lowest BCUT2D eigenvalue weighted by Gasteiger charge is -2.24. The van der Waals surface area contributed by atoms with Crippen LogP contribution in [0, 0.1) is 12.7 Å². The van der Waals surface area contributed by atoms with E-state index in [1.165, 1.54) is 35.6 Å². The maximum atomic E-state index is 12.9. The van der Waals surface area contributed by atoms with Crippen LogP contribution in [0.1, 0.15) is 23.2 Å². The first-order valence-corrected chi connectivity index (χ1v) is 7.41. The third-order valence-electron chi connectivity index (χ3n) is 3.10. The van der Waals surface area contributed by atoms with E-state index >= 15 is 0 Å². The molecule has 0 bridgehead atoms. The van der Waals surface area contributed by atoms with E-state index in [1.807, 2.05) is 12.3 Å². The second-order valence-corrected chi connectivity index (χ2v) is 6.15. The molecule has 1 aromatic heterocycles. The summed E-state index contributed by atoms with van der Waals surface area (Å²) in [5.41, 5.74) is 0.0200. The van der Waals surface area contributed by atoms with Gasteiger partial charge in [-0.2, -0.15) is 0 Å². The number of hydrogen-bond acceptors (Lipinski definition) is 4. The van der Waals surface area contributed by atoms with E-state index in [9.17, 15) is 14.3 Å². The minimum absolute atomic E-state index is 0.0561. The van der Waals surface area contributed by atoms with Gasteiger partial charge in [0.1, 0.15) is 11.4 Å². The van der Waals surface area contributed by atoms with Gasteiger partial charge in [-0.25, -0.2) is 9.37 Å². The molecule has 112 valence electrons. The number of nitrogens with zero attached hydrogens (tertiary/aromatic N) is 1. The zero-order valence-electron chi connectivity index (χ0n) is 11.9. The van der Waals surface area contributed by atoms with Crippen molar-refractivity contribution < 1.29 is 14.3 Å². The number of benzene rings is 1. The molecule has 0 aliphatic carbocycles. The first-order valence-electron chi connectivity index (χ1n) is 6.53. The molecule has 2 aromatic rings. The van der Waals surface area contributed by atoms with Crippen molar-refractivity contribution in [3.8, 4) is 0 Å².